The molecule has 1 nitrogen and oxygen atoms in total. The molecule has 58 valence electrons. The van der Waals surface area contributed by atoms with Gasteiger partial charge in [-0.05, 0) is 24.1 Å². The Bertz CT molecular complexity index is 268. The van der Waals surface area contributed by atoms with Gasteiger partial charge in [-0.1, -0.05) is 12.1 Å². The average molecular weight is 166 g/mol. The van der Waals surface area contributed by atoms with E-state index in [1.54, 1.807) is 0 Å². The van der Waals surface area contributed by atoms with Gasteiger partial charge in [0.15, 0.2) is 0 Å². The minimum atomic E-state index is 0.682. The first kappa shape index (κ1) is 8.34. The Balaban J connectivity index is 3.12. The van der Waals surface area contributed by atoms with Gasteiger partial charge in [-0.3, -0.25) is 4.79 Å². The summed E-state index contributed by atoms with van der Waals surface area (Å²) >= 11 is 4.11. The van der Waals surface area contributed by atoms with Crippen LogP contribution in [0.3, 0.4) is 0 Å². The molecule has 0 unspecified atom stereocenters. The molecule has 0 amide bonds. The molecular weight excluding hydrogens is 156 g/mol. The summed E-state index contributed by atoms with van der Waals surface area (Å²) in [7, 11) is 0. The fraction of sp³-hybridized carbons (Fsp3) is 0.222. The zero-order valence-electron chi connectivity index (χ0n) is 6.37. The summed E-state index contributed by atoms with van der Waals surface area (Å²) in [6.07, 6.45) is 0.877. The topological polar surface area (TPSA) is 17.1 Å². The second kappa shape index (κ2) is 3.58. The van der Waals surface area contributed by atoms with Crippen molar-refractivity contribution in [2.45, 2.75) is 12.7 Å². The molecule has 0 bridgehead atoms. The zero-order valence-corrected chi connectivity index (χ0v) is 7.27. The van der Waals surface area contributed by atoms with Gasteiger partial charge in [-0.25, -0.2) is 0 Å². The maximum absolute atomic E-state index is 10.5. The molecule has 0 aliphatic heterocycles. The summed E-state index contributed by atoms with van der Waals surface area (Å²) in [5.74, 6) is 0.682. The Labute approximate surface area is 71.8 Å². The van der Waals surface area contributed by atoms with Crippen LogP contribution >= 0.6 is 12.6 Å². The molecule has 0 fully saturated rings. The van der Waals surface area contributed by atoms with Crippen LogP contribution in [-0.2, 0) is 5.75 Å². The first-order valence-corrected chi connectivity index (χ1v) is 4.06. The van der Waals surface area contributed by atoms with E-state index in [1.165, 1.54) is 0 Å². The van der Waals surface area contributed by atoms with Gasteiger partial charge in [0.1, 0.15) is 6.29 Å². The average Bonchev–Trinajstić information content (AvgIpc) is 2.05. The predicted octanol–water partition coefficient (Wildman–Crippen LogP) is 2.24. The van der Waals surface area contributed by atoms with E-state index in [9.17, 15) is 4.79 Å². The fourth-order valence-corrected chi connectivity index (χ4v) is 1.11. The molecule has 1 aromatic rings. The van der Waals surface area contributed by atoms with Gasteiger partial charge >= 0.3 is 0 Å². The highest BCUT2D eigenvalue weighted by Crippen LogP contribution is 2.10. The molecule has 0 aromatic heterocycles. The van der Waals surface area contributed by atoms with E-state index < -0.39 is 0 Å². The first-order chi connectivity index (χ1) is 5.27. The van der Waals surface area contributed by atoms with Crippen molar-refractivity contribution in [2.24, 2.45) is 0 Å². The normalized spacial score (nSPS) is 9.64. The summed E-state index contributed by atoms with van der Waals surface area (Å²) in [6.45, 7) is 1.92. The van der Waals surface area contributed by atoms with E-state index in [0.717, 1.165) is 23.0 Å². The van der Waals surface area contributed by atoms with Crippen LogP contribution in [0.1, 0.15) is 21.5 Å². The molecule has 1 rings (SSSR count). The summed E-state index contributed by atoms with van der Waals surface area (Å²) in [5.41, 5.74) is 2.86. The Hall–Kier alpha value is -0.760. The molecule has 2 heteroatoms. The molecule has 0 N–H and O–H groups in total. The van der Waals surface area contributed by atoms with Crippen LogP contribution in [0.25, 0.3) is 0 Å². The summed E-state index contributed by atoms with van der Waals surface area (Å²) in [6, 6.07) is 5.79. The molecule has 0 saturated carbocycles. The number of hydrogen-bond acceptors (Lipinski definition) is 2. The number of carbonyl (C=O) groups excluding carboxylic acids is 1. The third kappa shape index (κ3) is 1.84. The highest BCUT2D eigenvalue weighted by Gasteiger charge is 1.96. The van der Waals surface area contributed by atoms with Crippen LogP contribution < -0.4 is 0 Å². The fourth-order valence-electron chi connectivity index (χ4n) is 0.915. The lowest BCUT2D eigenvalue weighted by atomic mass is 10.1. The van der Waals surface area contributed by atoms with Crippen LogP contribution in [0.2, 0.25) is 0 Å². The lowest BCUT2D eigenvalue weighted by molar-refractivity contribution is 0.112. The Kier molecular flexibility index (Phi) is 2.71. The van der Waals surface area contributed by atoms with Crippen LogP contribution in [0.15, 0.2) is 18.2 Å². The monoisotopic (exact) mass is 166 g/mol. The van der Waals surface area contributed by atoms with Gasteiger partial charge in [0.25, 0.3) is 0 Å². The van der Waals surface area contributed by atoms with Crippen molar-refractivity contribution in [2.75, 3.05) is 0 Å². The lowest BCUT2D eigenvalue weighted by Crippen LogP contribution is -1.88. The van der Waals surface area contributed by atoms with Crippen molar-refractivity contribution in [1.29, 1.82) is 0 Å². The van der Waals surface area contributed by atoms with Gasteiger partial charge in [0.2, 0.25) is 0 Å². The van der Waals surface area contributed by atoms with E-state index >= 15 is 0 Å². The Morgan fingerprint density at radius 3 is 2.82 bits per heavy atom. The number of thiol groups is 1. The minimum Gasteiger partial charge on any atom is -0.298 e. The van der Waals surface area contributed by atoms with Crippen LogP contribution in [0, 0.1) is 6.92 Å². The number of benzene rings is 1. The van der Waals surface area contributed by atoms with Gasteiger partial charge < -0.3 is 0 Å². The van der Waals surface area contributed by atoms with Crippen LogP contribution in [0.4, 0.5) is 0 Å². The Morgan fingerprint density at radius 1 is 1.55 bits per heavy atom. The second-order valence-electron chi connectivity index (χ2n) is 2.47. The van der Waals surface area contributed by atoms with E-state index in [1.807, 2.05) is 25.1 Å². The minimum absolute atomic E-state index is 0.682. The molecule has 0 aliphatic carbocycles. The van der Waals surface area contributed by atoms with Crippen molar-refractivity contribution in [1.82, 2.24) is 0 Å². The van der Waals surface area contributed by atoms with E-state index in [2.05, 4.69) is 12.6 Å². The van der Waals surface area contributed by atoms with Gasteiger partial charge in [0, 0.05) is 11.3 Å². The molecule has 0 radical (unpaired) electrons. The molecule has 0 saturated heterocycles. The zero-order chi connectivity index (χ0) is 8.27. The van der Waals surface area contributed by atoms with Crippen LogP contribution in [0.5, 0.6) is 0 Å². The third-order valence-corrected chi connectivity index (χ3v) is 2.02. The molecule has 0 spiro atoms. The molecule has 1 aromatic carbocycles. The largest absolute Gasteiger partial charge is 0.298 e. The van der Waals surface area contributed by atoms with E-state index in [0.29, 0.717) is 5.75 Å². The van der Waals surface area contributed by atoms with Crippen molar-refractivity contribution < 1.29 is 4.79 Å². The van der Waals surface area contributed by atoms with E-state index in [-0.39, 0.29) is 0 Å². The highest BCUT2D eigenvalue weighted by atomic mass is 32.1. The maximum Gasteiger partial charge on any atom is 0.150 e. The predicted molar refractivity (Wildman–Crippen MR) is 49.3 cm³/mol. The summed E-state index contributed by atoms with van der Waals surface area (Å²) < 4.78 is 0. The number of aryl methyl sites for hydroxylation is 1. The SMILES string of the molecule is Cc1ccc(CS)cc1C=O. The van der Waals surface area contributed by atoms with Gasteiger partial charge in [0.05, 0.1) is 0 Å². The lowest BCUT2D eigenvalue weighted by Gasteiger charge is -1.99. The maximum atomic E-state index is 10.5. The van der Waals surface area contributed by atoms with Crippen molar-refractivity contribution >= 4 is 18.9 Å². The Morgan fingerprint density at radius 2 is 2.27 bits per heavy atom. The van der Waals surface area contributed by atoms with Gasteiger partial charge in [-0.15, -0.1) is 0 Å². The number of rotatable bonds is 2. The van der Waals surface area contributed by atoms with E-state index in [4.69, 9.17) is 0 Å². The summed E-state index contributed by atoms with van der Waals surface area (Å²) in [4.78, 5) is 10.5. The van der Waals surface area contributed by atoms with Crippen molar-refractivity contribution in [3.8, 4) is 0 Å². The number of carbonyl (C=O) groups is 1. The molecule has 0 aliphatic rings. The second-order valence-corrected chi connectivity index (χ2v) is 2.78. The standard InChI is InChI=1S/C9H10OS/c1-7-2-3-8(6-11)4-9(7)5-10/h2-5,11H,6H2,1H3. The number of aldehydes is 1. The van der Waals surface area contributed by atoms with Crippen molar-refractivity contribution in [3.05, 3.63) is 34.9 Å². The highest BCUT2D eigenvalue weighted by molar-refractivity contribution is 7.79. The van der Waals surface area contributed by atoms with Crippen molar-refractivity contribution in [3.63, 3.8) is 0 Å². The van der Waals surface area contributed by atoms with Gasteiger partial charge in [-0.2, -0.15) is 12.6 Å². The molecule has 11 heavy (non-hydrogen) atoms. The smallest absolute Gasteiger partial charge is 0.150 e. The van der Waals surface area contributed by atoms with Crippen LogP contribution in [-0.4, -0.2) is 6.29 Å². The quantitative estimate of drug-likeness (QED) is 0.526. The molecular formula is C9H10OS. The molecule has 0 heterocycles. The number of hydrogen-bond donors (Lipinski definition) is 1. The third-order valence-electron chi connectivity index (χ3n) is 1.65. The summed E-state index contributed by atoms with van der Waals surface area (Å²) in [5, 5.41) is 0. The first-order valence-electron chi connectivity index (χ1n) is 3.43. The molecule has 0 atom stereocenters.